The highest BCUT2D eigenvalue weighted by atomic mass is 19.1. The van der Waals surface area contributed by atoms with Gasteiger partial charge in [-0.2, -0.15) is 5.26 Å². The minimum absolute atomic E-state index is 0. The van der Waals surface area contributed by atoms with Gasteiger partial charge in [-0.1, -0.05) is 38.1 Å². The zero-order chi connectivity index (χ0) is 21.3. The van der Waals surface area contributed by atoms with Crippen LogP contribution in [-0.4, -0.2) is 30.8 Å². The van der Waals surface area contributed by atoms with Gasteiger partial charge in [0, 0.05) is 33.3 Å². The molecular weight excluding hydrogens is 377 g/mol. The SMILES string of the molecule is CC.N#Cc1ccc(-c2cccc(CC3CNCCO3)c2-c2ccncc2)cc1F.[HH]. The van der Waals surface area contributed by atoms with Crippen LogP contribution in [0.5, 0.6) is 0 Å². The van der Waals surface area contributed by atoms with Crippen LogP contribution in [0.15, 0.2) is 60.9 Å². The molecule has 0 aliphatic carbocycles. The van der Waals surface area contributed by atoms with Crippen LogP contribution in [0.3, 0.4) is 0 Å². The van der Waals surface area contributed by atoms with E-state index in [1.807, 2.05) is 44.2 Å². The molecule has 5 heteroatoms. The lowest BCUT2D eigenvalue weighted by Crippen LogP contribution is -2.39. The summed E-state index contributed by atoms with van der Waals surface area (Å²) in [4.78, 5) is 4.12. The summed E-state index contributed by atoms with van der Waals surface area (Å²) in [5.41, 5.74) is 4.93. The van der Waals surface area contributed by atoms with Crippen molar-refractivity contribution in [3.63, 3.8) is 0 Å². The molecule has 2 heterocycles. The minimum Gasteiger partial charge on any atom is -0.375 e. The maximum absolute atomic E-state index is 14.3. The topological polar surface area (TPSA) is 57.9 Å². The molecule has 0 spiro atoms. The van der Waals surface area contributed by atoms with Crippen LogP contribution in [0.4, 0.5) is 4.39 Å². The van der Waals surface area contributed by atoms with Crippen LogP contribution < -0.4 is 5.32 Å². The molecule has 1 fully saturated rings. The van der Waals surface area contributed by atoms with Crippen molar-refractivity contribution in [3.05, 3.63) is 77.9 Å². The van der Waals surface area contributed by atoms with E-state index >= 15 is 0 Å². The summed E-state index contributed by atoms with van der Waals surface area (Å²) in [6, 6.07) is 16.6. The summed E-state index contributed by atoms with van der Waals surface area (Å²) < 4.78 is 20.2. The van der Waals surface area contributed by atoms with Gasteiger partial charge in [0.15, 0.2) is 0 Å². The van der Waals surface area contributed by atoms with E-state index in [1.165, 1.54) is 12.1 Å². The molecule has 4 rings (SSSR count). The summed E-state index contributed by atoms with van der Waals surface area (Å²) in [6.07, 6.45) is 4.38. The molecule has 0 saturated carbocycles. The molecule has 0 amide bonds. The zero-order valence-corrected chi connectivity index (χ0v) is 17.4. The van der Waals surface area contributed by atoms with Crippen molar-refractivity contribution in [2.45, 2.75) is 26.4 Å². The van der Waals surface area contributed by atoms with E-state index in [0.29, 0.717) is 6.61 Å². The highest BCUT2D eigenvalue weighted by Crippen LogP contribution is 2.36. The molecule has 30 heavy (non-hydrogen) atoms. The predicted octanol–water partition coefficient (Wildman–Crippen LogP) is 5.23. The van der Waals surface area contributed by atoms with Gasteiger partial charge in [0.25, 0.3) is 0 Å². The fraction of sp³-hybridized carbons (Fsp3) is 0.280. The summed E-state index contributed by atoms with van der Waals surface area (Å²) in [5, 5.41) is 12.4. The highest BCUT2D eigenvalue weighted by molar-refractivity contribution is 5.85. The Kier molecular flexibility index (Phi) is 7.67. The molecular formula is C25H28FN3O. The standard InChI is InChI=1S/C23H20FN3O.C2H6.H2/c24-22-13-17(4-5-19(22)14-25)21-3-1-2-18(12-20-15-27-10-11-28-20)23(21)16-6-8-26-9-7-16;1-2;/h1-9,13,20,27H,10-12,15H2;1-2H3;1H. The van der Waals surface area contributed by atoms with Crippen LogP contribution in [0, 0.1) is 17.1 Å². The molecule has 1 N–H and O–H groups in total. The van der Waals surface area contributed by atoms with Crippen LogP contribution in [0.2, 0.25) is 0 Å². The number of nitrogens with zero attached hydrogens (tertiary/aromatic N) is 2. The normalized spacial score (nSPS) is 15.6. The third kappa shape index (κ3) is 4.91. The van der Waals surface area contributed by atoms with E-state index in [0.717, 1.165) is 47.3 Å². The Morgan fingerprint density at radius 2 is 1.97 bits per heavy atom. The second-order valence-electron chi connectivity index (χ2n) is 6.78. The second-order valence-corrected chi connectivity index (χ2v) is 6.78. The Bertz CT molecular complexity index is 1020. The second kappa shape index (κ2) is 10.6. The number of benzene rings is 2. The summed E-state index contributed by atoms with van der Waals surface area (Å²) in [5.74, 6) is -0.508. The van der Waals surface area contributed by atoms with Gasteiger partial charge in [0.2, 0.25) is 0 Å². The molecule has 0 bridgehead atoms. The molecule has 1 aliphatic heterocycles. The van der Waals surface area contributed by atoms with Gasteiger partial charge >= 0.3 is 0 Å². The number of halogens is 1. The number of hydrogen-bond acceptors (Lipinski definition) is 4. The number of rotatable bonds is 4. The van der Waals surface area contributed by atoms with Gasteiger partial charge < -0.3 is 10.1 Å². The molecule has 1 saturated heterocycles. The summed E-state index contributed by atoms with van der Waals surface area (Å²) in [7, 11) is 0. The Morgan fingerprint density at radius 3 is 2.63 bits per heavy atom. The highest BCUT2D eigenvalue weighted by Gasteiger charge is 2.19. The molecule has 4 nitrogen and oxygen atoms in total. The third-order valence-electron chi connectivity index (χ3n) is 4.97. The average molecular weight is 406 g/mol. The third-order valence-corrected chi connectivity index (χ3v) is 4.97. The van der Waals surface area contributed by atoms with Gasteiger partial charge in [-0.05, 0) is 52.1 Å². The molecule has 2 aromatic carbocycles. The Morgan fingerprint density at radius 1 is 1.17 bits per heavy atom. The first-order valence-electron chi connectivity index (χ1n) is 10.3. The number of aromatic nitrogens is 1. The van der Waals surface area contributed by atoms with Gasteiger partial charge in [-0.3, -0.25) is 4.98 Å². The molecule has 1 aliphatic rings. The fourth-order valence-electron chi connectivity index (χ4n) is 3.64. The first-order valence-corrected chi connectivity index (χ1v) is 10.3. The lowest BCUT2D eigenvalue weighted by molar-refractivity contribution is 0.0293. The first kappa shape index (κ1) is 21.6. The first-order chi connectivity index (χ1) is 14.8. The predicted molar refractivity (Wildman–Crippen MR) is 120 cm³/mol. The summed E-state index contributed by atoms with van der Waals surface area (Å²) in [6.45, 7) is 6.39. The van der Waals surface area contributed by atoms with E-state index in [9.17, 15) is 4.39 Å². The van der Waals surface area contributed by atoms with E-state index in [2.05, 4.69) is 16.4 Å². The van der Waals surface area contributed by atoms with Crippen LogP contribution >= 0.6 is 0 Å². The van der Waals surface area contributed by atoms with Crippen molar-refractivity contribution in [2.75, 3.05) is 19.7 Å². The van der Waals surface area contributed by atoms with Crippen molar-refractivity contribution in [3.8, 4) is 28.3 Å². The monoisotopic (exact) mass is 405 g/mol. The van der Waals surface area contributed by atoms with Crippen molar-refractivity contribution in [2.24, 2.45) is 0 Å². The van der Waals surface area contributed by atoms with E-state index in [-0.39, 0.29) is 13.1 Å². The lowest BCUT2D eigenvalue weighted by Gasteiger charge is -2.25. The summed E-state index contributed by atoms with van der Waals surface area (Å²) >= 11 is 0. The Labute approximate surface area is 178 Å². The smallest absolute Gasteiger partial charge is 0.141 e. The van der Waals surface area contributed by atoms with Gasteiger partial charge in [0.05, 0.1) is 18.3 Å². The molecule has 156 valence electrons. The number of ether oxygens (including phenoxy) is 1. The maximum atomic E-state index is 14.3. The maximum Gasteiger partial charge on any atom is 0.141 e. The van der Waals surface area contributed by atoms with Crippen LogP contribution in [0.1, 0.15) is 26.4 Å². The number of nitrogens with one attached hydrogen (secondary N) is 1. The molecule has 3 aromatic rings. The zero-order valence-electron chi connectivity index (χ0n) is 17.4. The van der Waals surface area contributed by atoms with Gasteiger partial charge in [-0.15, -0.1) is 0 Å². The number of nitriles is 1. The number of hydrogen-bond donors (Lipinski definition) is 1. The quantitative estimate of drug-likeness (QED) is 0.646. The van der Waals surface area contributed by atoms with E-state index < -0.39 is 5.82 Å². The molecule has 1 aromatic heterocycles. The number of morpholine rings is 1. The number of pyridine rings is 1. The molecule has 0 radical (unpaired) electrons. The van der Waals surface area contributed by atoms with Crippen LogP contribution in [-0.2, 0) is 11.2 Å². The fourth-order valence-corrected chi connectivity index (χ4v) is 3.64. The largest absolute Gasteiger partial charge is 0.375 e. The van der Waals surface area contributed by atoms with Crippen molar-refractivity contribution in [1.29, 1.82) is 5.26 Å². The van der Waals surface area contributed by atoms with E-state index in [1.54, 1.807) is 18.5 Å². The van der Waals surface area contributed by atoms with Crippen molar-refractivity contribution in [1.82, 2.24) is 10.3 Å². The van der Waals surface area contributed by atoms with E-state index in [4.69, 9.17) is 10.00 Å². The Balaban J connectivity index is 0.00000111. The van der Waals surface area contributed by atoms with Crippen molar-refractivity contribution >= 4 is 0 Å². The lowest BCUT2D eigenvalue weighted by atomic mass is 9.88. The Hall–Kier alpha value is -3.07. The van der Waals surface area contributed by atoms with Crippen molar-refractivity contribution < 1.29 is 10.6 Å². The molecule has 1 unspecified atom stereocenters. The minimum atomic E-state index is -0.508. The van der Waals surface area contributed by atoms with Crippen LogP contribution in [0.25, 0.3) is 22.3 Å². The molecule has 1 atom stereocenters. The average Bonchev–Trinajstić information content (AvgIpc) is 2.81. The van der Waals surface area contributed by atoms with Gasteiger partial charge in [-0.25, -0.2) is 4.39 Å². The van der Waals surface area contributed by atoms with Gasteiger partial charge in [0.1, 0.15) is 11.9 Å².